The first-order chi connectivity index (χ1) is 12.2. The van der Waals surface area contributed by atoms with Crippen LogP contribution in [0.3, 0.4) is 0 Å². The van der Waals surface area contributed by atoms with Crippen LogP contribution in [0.25, 0.3) is 0 Å². The second kappa shape index (κ2) is 7.00. The van der Waals surface area contributed by atoms with Gasteiger partial charge in [0.2, 0.25) is 5.91 Å². The number of piperazine rings is 1. The summed E-state index contributed by atoms with van der Waals surface area (Å²) in [4.78, 5) is 28.9. The van der Waals surface area contributed by atoms with Gasteiger partial charge >= 0.3 is 0 Å². The molecule has 1 heterocycles. The van der Waals surface area contributed by atoms with E-state index in [1.807, 2.05) is 0 Å². The number of benzene rings is 1. The molecule has 0 radical (unpaired) electrons. The lowest BCUT2D eigenvalue weighted by molar-refractivity contribution is -0.138. The Morgan fingerprint density at radius 3 is 2.19 bits per heavy atom. The molecule has 1 saturated carbocycles. The Labute approximate surface area is 154 Å². The van der Waals surface area contributed by atoms with Crippen LogP contribution in [0.2, 0.25) is 0 Å². The number of hydrogen-bond donors (Lipinski definition) is 1. The predicted octanol–water partition coefficient (Wildman–Crippen LogP) is 0.646. The lowest BCUT2D eigenvalue weighted by Gasteiger charge is -2.38. The van der Waals surface area contributed by atoms with E-state index in [9.17, 15) is 18.0 Å². The second-order valence-corrected chi connectivity index (χ2v) is 9.26. The van der Waals surface area contributed by atoms with E-state index in [-0.39, 0.29) is 16.7 Å². The molecule has 7 nitrogen and oxygen atoms in total. The molecular weight excluding hydrogens is 354 g/mol. The fourth-order valence-corrected chi connectivity index (χ4v) is 4.36. The van der Waals surface area contributed by atoms with E-state index in [4.69, 9.17) is 5.73 Å². The Kier molecular flexibility index (Phi) is 5.07. The maximum Gasteiger partial charge on any atom is 0.254 e. The van der Waals surface area contributed by atoms with Gasteiger partial charge in [-0.3, -0.25) is 9.59 Å². The molecule has 2 fully saturated rings. The van der Waals surface area contributed by atoms with Crippen LogP contribution in [0.4, 0.5) is 0 Å². The predicted molar refractivity (Wildman–Crippen MR) is 97.4 cm³/mol. The molecule has 2 amide bonds. The van der Waals surface area contributed by atoms with Crippen molar-refractivity contribution in [3.05, 3.63) is 29.8 Å². The SMILES string of the molecule is CS(=O)(=O)c1cccc(C(=O)N2CCN(C(=O)C3(N)CCCC3)CC2)c1. The first kappa shape index (κ1) is 18.8. The summed E-state index contributed by atoms with van der Waals surface area (Å²) in [6.07, 6.45) is 4.54. The van der Waals surface area contributed by atoms with Crippen molar-refractivity contribution < 1.29 is 18.0 Å². The number of carbonyl (C=O) groups excluding carboxylic acids is 2. The molecule has 1 aromatic rings. The van der Waals surface area contributed by atoms with E-state index in [2.05, 4.69) is 0 Å². The molecule has 1 aliphatic heterocycles. The van der Waals surface area contributed by atoms with Gasteiger partial charge in [-0.15, -0.1) is 0 Å². The molecule has 0 atom stereocenters. The maximum absolute atomic E-state index is 12.7. The standard InChI is InChI=1S/C18H25N3O4S/c1-26(24,25)15-6-4-5-14(13-15)16(22)20-9-11-21(12-10-20)17(23)18(19)7-2-3-8-18/h4-6,13H,2-3,7-12,19H2,1H3. The molecule has 142 valence electrons. The minimum Gasteiger partial charge on any atom is -0.338 e. The Morgan fingerprint density at radius 1 is 1.04 bits per heavy atom. The third-order valence-electron chi connectivity index (χ3n) is 5.28. The monoisotopic (exact) mass is 379 g/mol. The van der Waals surface area contributed by atoms with Crippen molar-refractivity contribution in [2.45, 2.75) is 36.1 Å². The highest BCUT2D eigenvalue weighted by Gasteiger charge is 2.40. The number of sulfone groups is 1. The van der Waals surface area contributed by atoms with Gasteiger partial charge in [0, 0.05) is 38.0 Å². The highest BCUT2D eigenvalue weighted by Crippen LogP contribution is 2.29. The number of hydrogen-bond acceptors (Lipinski definition) is 5. The minimum atomic E-state index is -3.36. The molecule has 1 aromatic carbocycles. The van der Waals surface area contributed by atoms with Crippen LogP contribution in [0.15, 0.2) is 29.2 Å². The Balaban J connectivity index is 1.65. The molecule has 1 aliphatic carbocycles. The molecule has 8 heteroatoms. The molecule has 0 spiro atoms. The molecule has 0 unspecified atom stereocenters. The smallest absolute Gasteiger partial charge is 0.254 e. The van der Waals surface area contributed by atoms with Crippen LogP contribution in [-0.4, -0.2) is 68.0 Å². The fourth-order valence-electron chi connectivity index (χ4n) is 3.69. The van der Waals surface area contributed by atoms with Crippen molar-refractivity contribution in [2.24, 2.45) is 5.73 Å². The highest BCUT2D eigenvalue weighted by molar-refractivity contribution is 7.90. The molecule has 2 N–H and O–H groups in total. The topological polar surface area (TPSA) is 101 Å². The molecule has 0 aromatic heterocycles. The zero-order chi connectivity index (χ0) is 18.9. The number of nitrogens with two attached hydrogens (primary N) is 1. The summed E-state index contributed by atoms with van der Waals surface area (Å²) < 4.78 is 23.4. The first-order valence-corrected chi connectivity index (χ1v) is 10.8. The summed E-state index contributed by atoms with van der Waals surface area (Å²) >= 11 is 0. The summed E-state index contributed by atoms with van der Waals surface area (Å²) in [7, 11) is -3.36. The molecule has 26 heavy (non-hydrogen) atoms. The minimum absolute atomic E-state index is 0.0128. The van der Waals surface area contributed by atoms with E-state index >= 15 is 0 Å². The van der Waals surface area contributed by atoms with Crippen LogP contribution >= 0.6 is 0 Å². The molecular formula is C18H25N3O4S. The molecule has 3 rings (SSSR count). The van der Waals surface area contributed by atoms with Gasteiger partial charge in [-0.2, -0.15) is 0 Å². The quantitative estimate of drug-likeness (QED) is 0.831. The van der Waals surface area contributed by atoms with E-state index < -0.39 is 15.4 Å². The van der Waals surface area contributed by atoms with Gasteiger partial charge in [0.25, 0.3) is 5.91 Å². The molecule has 1 saturated heterocycles. The van der Waals surface area contributed by atoms with Crippen LogP contribution in [-0.2, 0) is 14.6 Å². The first-order valence-electron chi connectivity index (χ1n) is 8.88. The summed E-state index contributed by atoms with van der Waals surface area (Å²) in [6.45, 7) is 1.75. The summed E-state index contributed by atoms with van der Waals surface area (Å²) in [5.74, 6) is -0.230. The Hall–Kier alpha value is -1.93. The normalized spacial score (nSPS) is 20.2. The van der Waals surface area contributed by atoms with Crippen molar-refractivity contribution in [1.82, 2.24) is 9.80 Å². The average molecular weight is 379 g/mol. The van der Waals surface area contributed by atoms with Crippen LogP contribution < -0.4 is 5.73 Å². The van der Waals surface area contributed by atoms with Gasteiger partial charge in [-0.05, 0) is 31.0 Å². The van der Waals surface area contributed by atoms with Crippen LogP contribution in [0.5, 0.6) is 0 Å². The van der Waals surface area contributed by atoms with E-state index in [1.54, 1.807) is 21.9 Å². The summed E-state index contributed by atoms with van der Waals surface area (Å²) in [5, 5.41) is 0. The van der Waals surface area contributed by atoms with Gasteiger partial charge in [-0.25, -0.2) is 8.42 Å². The lowest BCUT2D eigenvalue weighted by atomic mass is 9.97. The summed E-state index contributed by atoms with van der Waals surface area (Å²) in [5.41, 5.74) is 5.85. The van der Waals surface area contributed by atoms with Crippen molar-refractivity contribution >= 4 is 21.7 Å². The van der Waals surface area contributed by atoms with E-state index in [0.717, 1.165) is 31.9 Å². The third-order valence-corrected chi connectivity index (χ3v) is 6.40. The number of rotatable bonds is 3. The second-order valence-electron chi connectivity index (χ2n) is 7.25. The van der Waals surface area contributed by atoms with Gasteiger partial charge in [0.05, 0.1) is 10.4 Å². The maximum atomic E-state index is 12.7. The number of carbonyl (C=O) groups is 2. The van der Waals surface area contributed by atoms with Crippen molar-refractivity contribution in [1.29, 1.82) is 0 Å². The van der Waals surface area contributed by atoms with Gasteiger partial charge < -0.3 is 15.5 Å². The van der Waals surface area contributed by atoms with E-state index in [1.165, 1.54) is 12.1 Å². The number of nitrogens with zero attached hydrogens (tertiary/aromatic N) is 2. The molecule has 2 aliphatic rings. The van der Waals surface area contributed by atoms with Crippen LogP contribution in [0, 0.1) is 0 Å². The highest BCUT2D eigenvalue weighted by atomic mass is 32.2. The number of amides is 2. The van der Waals surface area contributed by atoms with Gasteiger partial charge in [0.1, 0.15) is 0 Å². The van der Waals surface area contributed by atoms with Crippen LogP contribution in [0.1, 0.15) is 36.0 Å². The Bertz CT molecular complexity index is 807. The van der Waals surface area contributed by atoms with Crippen molar-refractivity contribution in [2.75, 3.05) is 32.4 Å². The van der Waals surface area contributed by atoms with Gasteiger partial charge in [0.15, 0.2) is 9.84 Å². The Morgan fingerprint density at radius 2 is 1.62 bits per heavy atom. The average Bonchev–Trinajstić information content (AvgIpc) is 3.08. The van der Waals surface area contributed by atoms with E-state index in [0.29, 0.717) is 31.7 Å². The lowest BCUT2D eigenvalue weighted by Crippen LogP contribution is -2.59. The fraction of sp³-hybridized carbons (Fsp3) is 0.556. The van der Waals surface area contributed by atoms with Gasteiger partial charge in [-0.1, -0.05) is 18.9 Å². The van der Waals surface area contributed by atoms with Crippen molar-refractivity contribution in [3.63, 3.8) is 0 Å². The molecule has 0 bridgehead atoms. The largest absolute Gasteiger partial charge is 0.338 e. The third kappa shape index (κ3) is 3.76. The van der Waals surface area contributed by atoms with Crippen molar-refractivity contribution in [3.8, 4) is 0 Å². The summed E-state index contributed by atoms with van der Waals surface area (Å²) in [6, 6.07) is 6.07. The zero-order valence-corrected chi connectivity index (χ0v) is 15.8. The zero-order valence-electron chi connectivity index (χ0n) is 15.0.